The number of nitrogens with one attached hydrogen (secondary N) is 4. The van der Waals surface area contributed by atoms with E-state index in [1.54, 1.807) is 46.8 Å². The summed E-state index contributed by atoms with van der Waals surface area (Å²) >= 11 is 0. The Morgan fingerprint density at radius 1 is 0.568 bits per heavy atom. The molecule has 24 nitrogen and oxygen atoms in total. The molecule has 0 aromatic heterocycles. The van der Waals surface area contributed by atoms with Gasteiger partial charge in [-0.05, 0) is 96.5 Å². The summed E-state index contributed by atoms with van der Waals surface area (Å²) in [6.45, 7) is 25.9. The molecule has 11 amide bonds. The van der Waals surface area contributed by atoms with Crippen molar-refractivity contribution in [1.82, 2.24) is 55.6 Å². The van der Waals surface area contributed by atoms with Crippen molar-refractivity contribution in [3.8, 4) is 0 Å². The molecule has 1 heterocycles. The molecule has 0 bridgehead atoms. The predicted octanol–water partition coefficient (Wildman–Crippen LogP) is 0.498. The van der Waals surface area contributed by atoms with Gasteiger partial charge in [0.25, 0.3) is 0 Å². The Labute approximate surface area is 481 Å². The van der Waals surface area contributed by atoms with E-state index < -0.39 is 156 Å². The summed E-state index contributed by atoms with van der Waals surface area (Å²) in [6.07, 6.45) is 1.01. The van der Waals surface area contributed by atoms with Crippen molar-refractivity contribution in [2.75, 3.05) is 55.9 Å². The van der Waals surface area contributed by atoms with E-state index in [9.17, 15) is 53.4 Å². The van der Waals surface area contributed by atoms with E-state index in [1.165, 1.54) is 98.7 Å². The molecular weight excluding hydrogens is 1050 g/mol. The van der Waals surface area contributed by atoms with Gasteiger partial charge >= 0.3 is 0 Å². The molecule has 460 valence electrons. The Hall–Kier alpha value is -6.43. The minimum absolute atomic E-state index is 0.0261. The maximum atomic E-state index is 15.1. The van der Waals surface area contributed by atoms with Gasteiger partial charge in [-0.3, -0.25) is 52.7 Å². The number of hydrogen-bond acceptors (Lipinski definition) is 13. The van der Waals surface area contributed by atoms with Gasteiger partial charge in [0.2, 0.25) is 65.0 Å². The average molecular weight is 1150 g/mol. The normalized spacial score (nSPS) is 27.8. The topological polar surface area (TPSA) is 299 Å². The summed E-state index contributed by atoms with van der Waals surface area (Å²) in [7, 11) is 9.36. The van der Waals surface area contributed by atoms with Gasteiger partial charge in [-0.2, -0.15) is 0 Å². The summed E-state index contributed by atoms with van der Waals surface area (Å²) in [6, 6.07) is -13.5. The van der Waals surface area contributed by atoms with Gasteiger partial charge in [-0.25, -0.2) is 0 Å². The van der Waals surface area contributed by atoms with Crippen LogP contribution in [0.25, 0.3) is 0 Å². The quantitative estimate of drug-likeness (QED) is 0.145. The van der Waals surface area contributed by atoms with Gasteiger partial charge in [-0.1, -0.05) is 74.1 Å². The SMILES string of the molecule is C=C(C)[C@@H]1NC(=O)[C@H]([C@@H](C)O)N(C)C(=O)CN(C)C(=O)[C@H](CC)NC(=O)[C@H]([C@H](O)[C@H](C)C/C=C/C)N(C)C(=O)[C@H](C(C)C)N(C)C(=O)[C@@H](CC(C)C)N(C)C(=O)[C@H](CC(C)C)N(C)C(=O)[C@@H](C)NC(=O)[C@H](C)NC(=O)[C@H](C)N(C)C1=O. The third kappa shape index (κ3) is 19.3. The van der Waals surface area contributed by atoms with E-state index in [2.05, 4.69) is 27.8 Å². The molecule has 0 aliphatic carbocycles. The highest BCUT2D eigenvalue weighted by Gasteiger charge is 2.45. The summed E-state index contributed by atoms with van der Waals surface area (Å²) in [5, 5.41) is 33.2. The van der Waals surface area contributed by atoms with Gasteiger partial charge in [0, 0.05) is 49.3 Å². The molecule has 0 aromatic rings. The molecule has 1 rings (SSSR count). The van der Waals surface area contributed by atoms with Gasteiger partial charge in [-0.15, -0.1) is 0 Å². The maximum Gasteiger partial charge on any atom is 0.249 e. The highest BCUT2D eigenvalue weighted by atomic mass is 16.3. The Kier molecular flexibility index (Phi) is 28.9. The Balaban J connectivity index is 4.23. The Morgan fingerprint density at radius 3 is 1.49 bits per heavy atom. The zero-order valence-corrected chi connectivity index (χ0v) is 52.2. The standard InChI is InChI=1S/C57H99N11O13/c1-23-25-26-34(11)47(71)46-51(75)60-39(24-2)53(77)62(16)29-42(70)66(20)45(38(15)69)50(74)61-43(32(7)8)56(80)63(17)37(14)49(73)58-35(12)48(72)59-36(13)52(76)64(18)40(27-30(3)4)54(78)65(19)41(28-31(5)6)55(79)67(21)44(33(9)10)57(81)68(46)22/h23,25,30-31,33-41,43-47,69,71H,7,24,26-29H2,1-6,8-22H3,(H,58,73)(H,59,72)(H,60,75)(H,61,74)/b25-23+/t34-,35+,36-,37+,38-,39+,40+,41-,43+,44+,45+,46+,47-/m1/s1. The van der Waals surface area contributed by atoms with Crippen LogP contribution in [0.15, 0.2) is 24.3 Å². The first-order chi connectivity index (χ1) is 37.3. The lowest BCUT2D eigenvalue weighted by atomic mass is 9.91. The van der Waals surface area contributed by atoms with E-state index in [-0.39, 0.29) is 43.1 Å². The number of aliphatic hydroxyl groups excluding tert-OH is 2. The second kappa shape index (κ2) is 32.3. The zero-order valence-electron chi connectivity index (χ0n) is 52.2. The van der Waals surface area contributed by atoms with Crippen molar-refractivity contribution in [3.05, 3.63) is 24.3 Å². The Bertz CT molecular complexity index is 2290. The van der Waals surface area contributed by atoms with Crippen molar-refractivity contribution in [3.63, 3.8) is 0 Å². The number of nitrogens with zero attached hydrogens (tertiary/aromatic N) is 7. The van der Waals surface area contributed by atoms with Crippen LogP contribution >= 0.6 is 0 Å². The maximum absolute atomic E-state index is 15.1. The molecule has 0 spiro atoms. The fourth-order valence-electron chi connectivity index (χ4n) is 9.69. The molecule has 13 atom stereocenters. The van der Waals surface area contributed by atoms with Crippen LogP contribution in [0.4, 0.5) is 0 Å². The average Bonchev–Trinajstić information content (AvgIpc) is 3.39. The number of amides is 11. The first kappa shape index (κ1) is 72.6. The molecule has 1 fully saturated rings. The minimum atomic E-state index is -1.64. The molecule has 1 aliphatic heterocycles. The molecule has 24 heteroatoms. The van der Waals surface area contributed by atoms with Crippen molar-refractivity contribution >= 4 is 65.0 Å². The van der Waals surface area contributed by atoms with Gasteiger partial charge in [0.05, 0.1) is 18.8 Å². The number of allylic oxidation sites excluding steroid dienone is 2. The number of likely N-dealkylation sites (N-methyl/N-ethyl adjacent to an activating group) is 7. The van der Waals surface area contributed by atoms with Crippen LogP contribution in [0.1, 0.15) is 123 Å². The molecule has 0 unspecified atom stereocenters. The molecular formula is C57H99N11O13. The van der Waals surface area contributed by atoms with Crippen LogP contribution in [0, 0.1) is 23.7 Å². The van der Waals surface area contributed by atoms with Gasteiger partial charge in [0.15, 0.2) is 0 Å². The largest absolute Gasteiger partial charge is 0.391 e. The smallest absolute Gasteiger partial charge is 0.249 e. The third-order valence-electron chi connectivity index (χ3n) is 15.0. The van der Waals surface area contributed by atoms with Crippen LogP contribution in [-0.4, -0.2) is 238 Å². The van der Waals surface area contributed by atoms with Crippen LogP contribution in [0.3, 0.4) is 0 Å². The highest BCUT2D eigenvalue weighted by Crippen LogP contribution is 2.25. The lowest BCUT2D eigenvalue weighted by Crippen LogP contribution is -2.63. The van der Waals surface area contributed by atoms with Crippen LogP contribution in [0.5, 0.6) is 0 Å². The molecule has 1 saturated heterocycles. The minimum Gasteiger partial charge on any atom is -0.391 e. The van der Waals surface area contributed by atoms with E-state index in [0.717, 1.165) is 19.6 Å². The second-order valence-corrected chi connectivity index (χ2v) is 23.2. The van der Waals surface area contributed by atoms with Crippen LogP contribution < -0.4 is 21.3 Å². The summed E-state index contributed by atoms with van der Waals surface area (Å²) < 4.78 is 0. The Morgan fingerprint density at radius 2 is 1.04 bits per heavy atom. The van der Waals surface area contributed by atoms with Gasteiger partial charge in [0.1, 0.15) is 60.4 Å². The summed E-state index contributed by atoms with van der Waals surface area (Å²) in [5.41, 5.74) is 0.116. The molecule has 1 aliphatic rings. The number of rotatable bonds is 12. The van der Waals surface area contributed by atoms with Crippen LogP contribution in [-0.2, 0) is 52.7 Å². The fraction of sp³-hybridized carbons (Fsp3) is 0.737. The van der Waals surface area contributed by atoms with Crippen molar-refractivity contribution in [1.29, 1.82) is 0 Å². The fourth-order valence-corrected chi connectivity index (χ4v) is 9.69. The molecule has 0 saturated carbocycles. The molecule has 6 N–H and O–H groups in total. The third-order valence-corrected chi connectivity index (χ3v) is 15.0. The van der Waals surface area contributed by atoms with Gasteiger partial charge < -0.3 is 65.8 Å². The van der Waals surface area contributed by atoms with E-state index in [0.29, 0.717) is 0 Å². The number of hydrogen-bond donors (Lipinski definition) is 6. The monoisotopic (exact) mass is 1150 g/mol. The molecule has 81 heavy (non-hydrogen) atoms. The van der Waals surface area contributed by atoms with E-state index >= 15 is 9.59 Å². The molecule has 0 radical (unpaired) electrons. The lowest BCUT2D eigenvalue weighted by molar-refractivity contribution is -0.157. The number of aliphatic hydroxyl groups is 2. The van der Waals surface area contributed by atoms with Crippen molar-refractivity contribution < 1.29 is 63.0 Å². The van der Waals surface area contributed by atoms with E-state index in [4.69, 9.17) is 0 Å². The van der Waals surface area contributed by atoms with E-state index in [1.807, 2.05) is 27.7 Å². The second-order valence-electron chi connectivity index (χ2n) is 23.2. The number of carbonyl (C=O) groups is 11. The first-order valence-electron chi connectivity index (χ1n) is 28.0. The highest BCUT2D eigenvalue weighted by molar-refractivity contribution is 6.00. The lowest BCUT2D eigenvalue weighted by Gasteiger charge is -2.41. The summed E-state index contributed by atoms with van der Waals surface area (Å²) in [5.74, 6) is -10.1. The first-order valence-corrected chi connectivity index (χ1v) is 28.0. The predicted molar refractivity (Wildman–Crippen MR) is 307 cm³/mol. The van der Waals surface area contributed by atoms with Crippen LogP contribution in [0.2, 0.25) is 0 Å². The number of carbonyl (C=O) groups excluding carboxylic acids is 11. The van der Waals surface area contributed by atoms with Crippen molar-refractivity contribution in [2.45, 2.75) is 195 Å². The molecule has 0 aromatic carbocycles. The van der Waals surface area contributed by atoms with Crippen molar-refractivity contribution in [2.24, 2.45) is 23.7 Å². The summed E-state index contributed by atoms with van der Waals surface area (Å²) in [4.78, 5) is 165. The zero-order chi connectivity index (χ0) is 63.0.